The topological polar surface area (TPSA) is 50.4 Å². The Morgan fingerprint density at radius 3 is 2.84 bits per heavy atom. The van der Waals surface area contributed by atoms with Crippen molar-refractivity contribution in [2.75, 3.05) is 13.7 Å². The third-order valence-corrected chi connectivity index (χ3v) is 3.55. The van der Waals surface area contributed by atoms with Gasteiger partial charge in [0.15, 0.2) is 6.61 Å². The van der Waals surface area contributed by atoms with Gasteiger partial charge in [-0.2, -0.15) is 0 Å². The van der Waals surface area contributed by atoms with Crippen molar-refractivity contribution in [2.45, 2.75) is 32.9 Å². The average Bonchev–Trinajstić information content (AvgIpc) is 2.39. The number of carbonyl (C=O) groups is 1. The number of carbonyl (C=O) groups excluding carboxylic acids is 1. The SMILES string of the molecule is CCC(C)NC(=O)COc1ccc(Br)c(CNC)c1. The molecule has 0 fully saturated rings. The predicted octanol–water partition coefficient (Wildman–Crippen LogP) is 2.46. The van der Waals surface area contributed by atoms with Gasteiger partial charge in [-0.05, 0) is 44.2 Å². The summed E-state index contributed by atoms with van der Waals surface area (Å²) in [6.07, 6.45) is 0.913. The van der Waals surface area contributed by atoms with Crippen molar-refractivity contribution in [1.82, 2.24) is 10.6 Å². The molecule has 0 bridgehead atoms. The third kappa shape index (κ3) is 5.61. The van der Waals surface area contributed by atoms with Crippen LogP contribution in [0.3, 0.4) is 0 Å². The number of halogens is 1. The molecule has 1 rings (SSSR count). The van der Waals surface area contributed by atoms with Gasteiger partial charge in [0, 0.05) is 17.1 Å². The van der Waals surface area contributed by atoms with Crippen molar-refractivity contribution in [3.63, 3.8) is 0 Å². The Bertz CT molecular complexity index is 424. The highest BCUT2D eigenvalue weighted by molar-refractivity contribution is 9.10. The minimum atomic E-state index is -0.0903. The van der Waals surface area contributed by atoms with Gasteiger partial charge in [-0.3, -0.25) is 4.79 Å². The summed E-state index contributed by atoms with van der Waals surface area (Å²) < 4.78 is 6.52. The van der Waals surface area contributed by atoms with Gasteiger partial charge < -0.3 is 15.4 Å². The van der Waals surface area contributed by atoms with Crippen molar-refractivity contribution in [3.05, 3.63) is 28.2 Å². The van der Waals surface area contributed by atoms with Crippen LogP contribution in [-0.2, 0) is 11.3 Å². The maximum absolute atomic E-state index is 11.6. The number of hydrogen-bond donors (Lipinski definition) is 2. The Hall–Kier alpha value is -1.07. The van der Waals surface area contributed by atoms with E-state index < -0.39 is 0 Å². The normalized spacial score (nSPS) is 12.0. The van der Waals surface area contributed by atoms with E-state index in [1.165, 1.54) is 0 Å². The van der Waals surface area contributed by atoms with Gasteiger partial charge in [0.1, 0.15) is 5.75 Å². The lowest BCUT2D eigenvalue weighted by atomic mass is 10.2. The molecule has 1 aromatic carbocycles. The fraction of sp³-hybridized carbons (Fsp3) is 0.500. The Balaban J connectivity index is 2.53. The van der Waals surface area contributed by atoms with E-state index >= 15 is 0 Å². The van der Waals surface area contributed by atoms with E-state index in [9.17, 15) is 4.79 Å². The quantitative estimate of drug-likeness (QED) is 0.808. The third-order valence-electron chi connectivity index (χ3n) is 2.77. The van der Waals surface area contributed by atoms with Gasteiger partial charge in [-0.1, -0.05) is 22.9 Å². The minimum absolute atomic E-state index is 0.0466. The van der Waals surface area contributed by atoms with Crippen molar-refractivity contribution >= 4 is 21.8 Å². The second-order valence-corrected chi connectivity index (χ2v) is 5.30. The Labute approximate surface area is 123 Å². The van der Waals surface area contributed by atoms with E-state index in [1.807, 2.05) is 39.1 Å². The van der Waals surface area contributed by atoms with Gasteiger partial charge in [0.2, 0.25) is 0 Å². The molecule has 0 saturated heterocycles. The lowest BCUT2D eigenvalue weighted by Gasteiger charge is -2.13. The molecule has 0 radical (unpaired) electrons. The second kappa shape index (κ2) is 8.17. The van der Waals surface area contributed by atoms with E-state index in [0.29, 0.717) is 5.75 Å². The van der Waals surface area contributed by atoms with Gasteiger partial charge in [-0.15, -0.1) is 0 Å². The summed E-state index contributed by atoms with van der Waals surface area (Å²) in [5.41, 5.74) is 1.10. The summed E-state index contributed by atoms with van der Waals surface area (Å²) in [5.74, 6) is 0.611. The van der Waals surface area contributed by atoms with Gasteiger partial charge in [0.05, 0.1) is 0 Å². The molecule has 0 aliphatic carbocycles. The standard InChI is InChI=1S/C14H21BrN2O2/c1-4-10(2)17-14(18)9-19-12-5-6-13(15)11(7-12)8-16-3/h5-7,10,16H,4,8-9H2,1-3H3,(H,17,18). The summed E-state index contributed by atoms with van der Waals surface area (Å²) in [7, 11) is 1.89. The van der Waals surface area contributed by atoms with Gasteiger partial charge in [0.25, 0.3) is 5.91 Å². The van der Waals surface area contributed by atoms with Crippen molar-refractivity contribution < 1.29 is 9.53 Å². The smallest absolute Gasteiger partial charge is 0.258 e. The molecule has 0 aliphatic heterocycles. The van der Waals surface area contributed by atoms with E-state index in [-0.39, 0.29) is 18.6 Å². The molecule has 1 aromatic rings. The highest BCUT2D eigenvalue weighted by Gasteiger charge is 2.07. The van der Waals surface area contributed by atoms with Crippen LogP contribution in [0, 0.1) is 0 Å². The monoisotopic (exact) mass is 328 g/mol. The minimum Gasteiger partial charge on any atom is -0.484 e. The first-order chi connectivity index (χ1) is 9.06. The molecule has 0 heterocycles. The molecule has 1 atom stereocenters. The van der Waals surface area contributed by atoms with E-state index in [4.69, 9.17) is 4.74 Å². The Morgan fingerprint density at radius 2 is 2.21 bits per heavy atom. The molecule has 106 valence electrons. The maximum Gasteiger partial charge on any atom is 0.258 e. The predicted molar refractivity (Wildman–Crippen MR) is 80.3 cm³/mol. The molecule has 19 heavy (non-hydrogen) atoms. The number of amides is 1. The highest BCUT2D eigenvalue weighted by Crippen LogP contribution is 2.22. The Morgan fingerprint density at radius 1 is 1.47 bits per heavy atom. The summed E-state index contributed by atoms with van der Waals surface area (Å²) in [6.45, 7) is 4.80. The highest BCUT2D eigenvalue weighted by atomic mass is 79.9. The number of hydrogen-bond acceptors (Lipinski definition) is 3. The fourth-order valence-corrected chi connectivity index (χ4v) is 1.92. The fourth-order valence-electron chi connectivity index (χ4n) is 1.53. The molecule has 1 amide bonds. The first-order valence-corrected chi connectivity index (χ1v) is 7.21. The van der Waals surface area contributed by atoms with Crippen LogP contribution in [0.2, 0.25) is 0 Å². The molecular formula is C14H21BrN2O2. The molecule has 5 heteroatoms. The zero-order chi connectivity index (χ0) is 14.3. The zero-order valence-corrected chi connectivity index (χ0v) is 13.2. The molecule has 0 aromatic heterocycles. The van der Waals surface area contributed by atoms with Crippen LogP contribution < -0.4 is 15.4 Å². The summed E-state index contributed by atoms with van der Waals surface area (Å²) in [6, 6.07) is 5.88. The zero-order valence-electron chi connectivity index (χ0n) is 11.6. The lowest BCUT2D eigenvalue weighted by molar-refractivity contribution is -0.123. The van der Waals surface area contributed by atoms with E-state index in [0.717, 1.165) is 23.0 Å². The summed E-state index contributed by atoms with van der Waals surface area (Å²) in [5, 5.41) is 5.95. The number of ether oxygens (including phenoxy) is 1. The second-order valence-electron chi connectivity index (χ2n) is 4.45. The molecule has 0 saturated carbocycles. The first-order valence-electron chi connectivity index (χ1n) is 6.42. The number of nitrogens with one attached hydrogen (secondary N) is 2. The number of rotatable bonds is 7. The molecule has 1 unspecified atom stereocenters. The molecule has 4 nitrogen and oxygen atoms in total. The summed E-state index contributed by atoms with van der Waals surface area (Å²) in [4.78, 5) is 11.6. The van der Waals surface area contributed by atoms with Gasteiger partial charge in [-0.25, -0.2) is 0 Å². The van der Waals surface area contributed by atoms with Crippen LogP contribution in [0.1, 0.15) is 25.8 Å². The van der Waals surface area contributed by atoms with Gasteiger partial charge >= 0.3 is 0 Å². The lowest BCUT2D eigenvalue weighted by Crippen LogP contribution is -2.35. The first kappa shape index (κ1) is 16.0. The molecular weight excluding hydrogens is 308 g/mol. The average molecular weight is 329 g/mol. The maximum atomic E-state index is 11.6. The largest absolute Gasteiger partial charge is 0.484 e. The van der Waals surface area contributed by atoms with Crippen LogP contribution in [0.5, 0.6) is 5.75 Å². The van der Waals surface area contributed by atoms with Crippen molar-refractivity contribution in [3.8, 4) is 5.75 Å². The number of benzene rings is 1. The van der Waals surface area contributed by atoms with Crippen LogP contribution in [0.4, 0.5) is 0 Å². The van der Waals surface area contributed by atoms with Crippen molar-refractivity contribution in [1.29, 1.82) is 0 Å². The molecule has 2 N–H and O–H groups in total. The Kier molecular flexibility index (Phi) is 6.87. The van der Waals surface area contributed by atoms with Crippen LogP contribution in [0.25, 0.3) is 0 Å². The van der Waals surface area contributed by atoms with E-state index in [2.05, 4.69) is 26.6 Å². The summed E-state index contributed by atoms with van der Waals surface area (Å²) >= 11 is 3.48. The van der Waals surface area contributed by atoms with Crippen LogP contribution in [0.15, 0.2) is 22.7 Å². The van der Waals surface area contributed by atoms with Crippen molar-refractivity contribution in [2.24, 2.45) is 0 Å². The van der Waals surface area contributed by atoms with Crippen LogP contribution >= 0.6 is 15.9 Å². The molecule has 0 spiro atoms. The van der Waals surface area contributed by atoms with E-state index in [1.54, 1.807) is 0 Å². The van der Waals surface area contributed by atoms with Crippen LogP contribution in [-0.4, -0.2) is 25.6 Å². The molecule has 0 aliphatic rings.